The minimum atomic E-state index is -0.651. The summed E-state index contributed by atoms with van der Waals surface area (Å²) in [5.41, 5.74) is 6.34. The summed E-state index contributed by atoms with van der Waals surface area (Å²) in [6.45, 7) is 0. The maximum absolute atomic E-state index is 11.0. The first-order valence-corrected chi connectivity index (χ1v) is 4.85. The molecule has 5 nitrogen and oxygen atoms in total. The fourth-order valence-electron chi connectivity index (χ4n) is 1.06. The average Bonchev–Trinajstić information content (AvgIpc) is 2.44. The van der Waals surface area contributed by atoms with Gasteiger partial charge in [-0.25, -0.2) is 4.98 Å². The molecule has 2 N–H and O–H groups in total. The van der Waals surface area contributed by atoms with Crippen molar-refractivity contribution in [3.8, 4) is 0 Å². The van der Waals surface area contributed by atoms with Crippen molar-refractivity contribution in [1.82, 2.24) is 9.55 Å². The zero-order valence-corrected chi connectivity index (χ0v) is 9.61. The summed E-state index contributed by atoms with van der Waals surface area (Å²) >= 11 is 3.25. The maximum Gasteiger partial charge on any atom is 0.323 e. The standard InChI is InChI=1S/C8H12BrN3O2/c1-12-4-5(11-8(12)9)3-6(10)7(13)14-2/h4,6H,3,10H2,1-2H3. The van der Waals surface area contributed by atoms with Crippen LogP contribution in [0.15, 0.2) is 10.9 Å². The molecule has 1 atom stereocenters. The van der Waals surface area contributed by atoms with Crippen LogP contribution in [0, 0.1) is 0 Å². The molecule has 0 aliphatic heterocycles. The number of nitrogens with two attached hydrogens (primary N) is 1. The first-order valence-electron chi connectivity index (χ1n) is 4.05. The predicted molar refractivity (Wildman–Crippen MR) is 54.6 cm³/mol. The molecule has 0 spiro atoms. The molecule has 0 aromatic carbocycles. The van der Waals surface area contributed by atoms with E-state index in [1.165, 1.54) is 7.11 Å². The third-order valence-corrected chi connectivity index (χ3v) is 2.54. The fraction of sp³-hybridized carbons (Fsp3) is 0.500. The molecule has 14 heavy (non-hydrogen) atoms. The monoisotopic (exact) mass is 261 g/mol. The number of nitrogens with zero attached hydrogens (tertiary/aromatic N) is 2. The van der Waals surface area contributed by atoms with Crippen LogP contribution in [-0.2, 0) is 23.0 Å². The molecule has 0 saturated carbocycles. The van der Waals surface area contributed by atoms with E-state index in [1.54, 1.807) is 4.57 Å². The predicted octanol–water partition coefficient (Wildman–Crippen LogP) is 0.225. The van der Waals surface area contributed by atoms with E-state index in [-0.39, 0.29) is 0 Å². The third-order valence-electron chi connectivity index (χ3n) is 1.80. The number of esters is 1. The summed E-state index contributed by atoms with van der Waals surface area (Å²) in [6.07, 6.45) is 2.19. The number of ether oxygens (including phenoxy) is 1. The lowest BCUT2D eigenvalue weighted by molar-refractivity contribution is -0.142. The van der Waals surface area contributed by atoms with Crippen molar-refractivity contribution in [2.24, 2.45) is 12.8 Å². The second kappa shape index (κ2) is 4.56. The molecule has 1 heterocycles. The van der Waals surface area contributed by atoms with Gasteiger partial charge in [-0.1, -0.05) is 0 Å². The Bertz CT molecular complexity index is 318. The Balaban J connectivity index is 2.64. The topological polar surface area (TPSA) is 70.1 Å². The highest BCUT2D eigenvalue weighted by atomic mass is 79.9. The summed E-state index contributed by atoms with van der Waals surface area (Å²) in [5, 5.41) is 0. The largest absolute Gasteiger partial charge is 0.468 e. The van der Waals surface area contributed by atoms with E-state index in [4.69, 9.17) is 5.73 Å². The Kier molecular flexibility index (Phi) is 3.65. The molecular formula is C8H12BrN3O2. The van der Waals surface area contributed by atoms with E-state index in [9.17, 15) is 4.79 Å². The van der Waals surface area contributed by atoms with Gasteiger partial charge in [0.2, 0.25) is 0 Å². The highest BCUT2D eigenvalue weighted by Crippen LogP contribution is 2.09. The number of methoxy groups -OCH3 is 1. The van der Waals surface area contributed by atoms with E-state index in [0.29, 0.717) is 11.2 Å². The molecule has 0 fully saturated rings. The summed E-state index contributed by atoms with van der Waals surface area (Å²) in [4.78, 5) is 15.2. The van der Waals surface area contributed by atoms with Gasteiger partial charge < -0.3 is 15.0 Å². The Labute approximate surface area is 90.4 Å². The van der Waals surface area contributed by atoms with Crippen LogP contribution in [0.5, 0.6) is 0 Å². The van der Waals surface area contributed by atoms with Crippen LogP contribution in [-0.4, -0.2) is 28.7 Å². The van der Waals surface area contributed by atoms with Crippen molar-refractivity contribution < 1.29 is 9.53 Å². The molecule has 0 radical (unpaired) electrons. The molecule has 0 aliphatic rings. The molecular weight excluding hydrogens is 250 g/mol. The van der Waals surface area contributed by atoms with Crippen LogP contribution in [0.2, 0.25) is 0 Å². The minimum Gasteiger partial charge on any atom is -0.468 e. The van der Waals surface area contributed by atoms with Gasteiger partial charge in [-0.2, -0.15) is 0 Å². The van der Waals surface area contributed by atoms with Gasteiger partial charge in [-0.15, -0.1) is 0 Å². The summed E-state index contributed by atoms with van der Waals surface area (Å²) in [7, 11) is 3.17. The molecule has 0 amide bonds. The Hall–Kier alpha value is -0.880. The van der Waals surface area contributed by atoms with Crippen LogP contribution in [0.25, 0.3) is 0 Å². The van der Waals surface area contributed by atoms with E-state index in [1.807, 2.05) is 13.2 Å². The number of carbonyl (C=O) groups excluding carboxylic acids is 1. The molecule has 1 aromatic rings. The van der Waals surface area contributed by atoms with Crippen LogP contribution in [0.3, 0.4) is 0 Å². The number of hydrogen-bond acceptors (Lipinski definition) is 4. The lowest BCUT2D eigenvalue weighted by atomic mass is 10.2. The second-order valence-electron chi connectivity index (χ2n) is 2.95. The van der Waals surface area contributed by atoms with E-state index in [0.717, 1.165) is 5.69 Å². The van der Waals surface area contributed by atoms with Crippen LogP contribution in [0.4, 0.5) is 0 Å². The van der Waals surface area contributed by atoms with Crippen LogP contribution in [0.1, 0.15) is 5.69 Å². The SMILES string of the molecule is COC(=O)C(N)Cc1cn(C)c(Br)n1. The smallest absolute Gasteiger partial charge is 0.323 e. The second-order valence-corrected chi connectivity index (χ2v) is 3.66. The maximum atomic E-state index is 11.0. The van der Waals surface area contributed by atoms with Crippen molar-refractivity contribution in [2.75, 3.05) is 7.11 Å². The number of imidazole rings is 1. The summed E-state index contributed by atoms with van der Waals surface area (Å²) < 4.78 is 7.03. The highest BCUT2D eigenvalue weighted by molar-refractivity contribution is 9.10. The van der Waals surface area contributed by atoms with Crippen molar-refractivity contribution in [3.05, 3.63) is 16.6 Å². The summed E-state index contributed by atoms with van der Waals surface area (Å²) in [5.74, 6) is -0.424. The van der Waals surface area contributed by atoms with Gasteiger partial charge in [-0.05, 0) is 15.9 Å². The lowest BCUT2D eigenvalue weighted by Gasteiger charge is -2.05. The number of aryl methyl sites for hydroxylation is 1. The first-order chi connectivity index (χ1) is 6.54. The number of hydrogen-bond donors (Lipinski definition) is 1. The van der Waals surface area contributed by atoms with Crippen molar-refractivity contribution in [1.29, 1.82) is 0 Å². The van der Waals surface area contributed by atoms with Gasteiger partial charge in [0.05, 0.1) is 12.8 Å². The molecule has 1 aromatic heterocycles. The average molecular weight is 262 g/mol. The fourth-order valence-corrected chi connectivity index (χ4v) is 1.39. The minimum absolute atomic E-state index is 0.381. The zero-order chi connectivity index (χ0) is 10.7. The Morgan fingerprint density at radius 1 is 1.86 bits per heavy atom. The normalized spacial score (nSPS) is 12.6. The van der Waals surface area contributed by atoms with Gasteiger partial charge in [0.1, 0.15) is 6.04 Å². The molecule has 1 unspecified atom stereocenters. The highest BCUT2D eigenvalue weighted by Gasteiger charge is 2.16. The first kappa shape index (κ1) is 11.2. The van der Waals surface area contributed by atoms with Crippen LogP contribution >= 0.6 is 15.9 Å². The van der Waals surface area contributed by atoms with E-state index >= 15 is 0 Å². The van der Waals surface area contributed by atoms with Crippen molar-refractivity contribution >= 4 is 21.9 Å². The third kappa shape index (κ3) is 2.55. The van der Waals surface area contributed by atoms with Gasteiger partial charge in [0.25, 0.3) is 0 Å². The molecule has 0 saturated heterocycles. The quantitative estimate of drug-likeness (QED) is 0.791. The van der Waals surface area contributed by atoms with Crippen molar-refractivity contribution in [2.45, 2.75) is 12.5 Å². The van der Waals surface area contributed by atoms with Gasteiger partial charge in [0, 0.05) is 19.7 Å². The summed E-state index contributed by atoms with van der Waals surface area (Å²) in [6, 6.07) is -0.651. The Morgan fingerprint density at radius 2 is 2.50 bits per heavy atom. The van der Waals surface area contributed by atoms with E-state index < -0.39 is 12.0 Å². The number of rotatable bonds is 3. The lowest BCUT2D eigenvalue weighted by Crippen LogP contribution is -2.33. The van der Waals surface area contributed by atoms with Gasteiger partial charge >= 0.3 is 5.97 Å². The Morgan fingerprint density at radius 3 is 2.93 bits per heavy atom. The molecule has 1 rings (SSSR count). The molecule has 78 valence electrons. The van der Waals surface area contributed by atoms with Gasteiger partial charge in [0.15, 0.2) is 4.73 Å². The number of halogens is 1. The van der Waals surface area contributed by atoms with E-state index in [2.05, 4.69) is 25.7 Å². The number of carbonyl (C=O) groups is 1. The molecule has 6 heteroatoms. The number of aromatic nitrogens is 2. The zero-order valence-electron chi connectivity index (χ0n) is 8.03. The molecule has 0 aliphatic carbocycles. The molecule has 0 bridgehead atoms. The van der Waals surface area contributed by atoms with Gasteiger partial charge in [-0.3, -0.25) is 4.79 Å². The van der Waals surface area contributed by atoms with Crippen molar-refractivity contribution in [3.63, 3.8) is 0 Å². The van der Waals surface area contributed by atoms with Crippen LogP contribution < -0.4 is 5.73 Å².